The quantitative estimate of drug-likeness (QED) is 0.275. The lowest BCUT2D eigenvalue weighted by Crippen LogP contribution is -2.04. The van der Waals surface area contributed by atoms with E-state index >= 15 is 0 Å². The highest BCUT2D eigenvalue weighted by atomic mass is 32.2. The summed E-state index contributed by atoms with van der Waals surface area (Å²) in [6.07, 6.45) is 0. The Morgan fingerprint density at radius 2 is 1.19 bits per heavy atom. The number of carboxylic acid groups (broad SMARTS) is 2. The van der Waals surface area contributed by atoms with E-state index in [-0.39, 0.29) is 27.6 Å². The van der Waals surface area contributed by atoms with Gasteiger partial charge in [-0.3, -0.25) is 9.11 Å². The first-order chi connectivity index (χ1) is 14.2. The van der Waals surface area contributed by atoms with E-state index in [1.54, 1.807) is 0 Å². The summed E-state index contributed by atoms with van der Waals surface area (Å²) in [6, 6.07) is 10.8. The van der Waals surface area contributed by atoms with Gasteiger partial charge in [0, 0.05) is 11.1 Å². The largest absolute Gasteiger partial charge is 0.478 e. The van der Waals surface area contributed by atoms with Crippen LogP contribution in [0.5, 0.6) is 0 Å². The van der Waals surface area contributed by atoms with Crippen LogP contribution in [0.25, 0.3) is 10.8 Å². The summed E-state index contributed by atoms with van der Waals surface area (Å²) < 4.78 is 62.8. The minimum Gasteiger partial charge on any atom is -0.478 e. The minimum atomic E-state index is -4.64. The predicted octanol–water partition coefficient (Wildman–Crippen LogP) is 2.00. The molecule has 11 nitrogen and oxygen atoms in total. The van der Waals surface area contributed by atoms with Crippen LogP contribution in [0.1, 0.15) is 20.7 Å². The van der Waals surface area contributed by atoms with Gasteiger partial charge >= 0.3 is 11.9 Å². The van der Waals surface area contributed by atoms with Gasteiger partial charge in [-0.2, -0.15) is 16.8 Å². The lowest BCUT2D eigenvalue weighted by atomic mass is 10.1. The van der Waals surface area contributed by atoms with Gasteiger partial charge in [0.25, 0.3) is 20.2 Å². The lowest BCUT2D eigenvalue weighted by Gasteiger charge is -2.07. The third-order valence-electron chi connectivity index (χ3n) is 3.87. The Morgan fingerprint density at radius 1 is 0.710 bits per heavy atom. The van der Waals surface area contributed by atoms with Gasteiger partial charge < -0.3 is 15.9 Å². The van der Waals surface area contributed by atoms with Crippen LogP contribution in [0.2, 0.25) is 0 Å². The Bertz CT molecular complexity index is 1350. The first-order valence-electron chi connectivity index (χ1n) is 8.05. The highest BCUT2D eigenvalue weighted by Crippen LogP contribution is 2.28. The van der Waals surface area contributed by atoms with Crippen molar-refractivity contribution in [2.45, 2.75) is 9.79 Å². The number of anilines is 1. The zero-order valence-electron chi connectivity index (χ0n) is 15.3. The van der Waals surface area contributed by atoms with E-state index in [0.29, 0.717) is 6.07 Å². The van der Waals surface area contributed by atoms with Crippen LogP contribution in [0.3, 0.4) is 0 Å². The predicted molar refractivity (Wildman–Crippen MR) is 108 cm³/mol. The van der Waals surface area contributed by atoms with E-state index in [1.807, 2.05) is 0 Å². The van der Waals surface area contributed by atoms with Gasteiger partial charge in [0.2, 0.25) is 0 Å². The molecular weight excluding hydrogens is 454 g/mol. The molecule has 3 rings (SSSR count). The van der Waals surface area contributed by atoms with Crippen molar-refractivity contribution in [2.75, 3.05) is 5.73 Å². The summed E-state index contributed by atoms with van der Waals surface area (Å²) in [4.78, 5) is 19.4. The van der Waals surface area contributed by atoms with Crippen LogP contribution >= 0.6 is 0 Å². The zero-order chi connectivity index (χ0) is 23.6. The average Bonchev–Trinajstić information content (AvgIpc) is 2.65. The molecule has 0 amide bonds. The molecule has 0 atom stereocenters. The molecule has 0 aromatic heterocycles. The number of aromatic carboxylic acids is 2. The summed E-state index contributed by atoms with van der Waals surface area (Å²) >= 11 is 0. The van der Waals surface area contributed by atoms with Gasteiger partial charge in [-0.25, -0.2) is 9.59 Å². The minimum absolute atomic E-state index is 0.0833. The maximum Gasteiger partial charge on any atom is 0.335 e. The Kier molecular flexibility index (Phi) is 6.66. The van der Waals surface area contributed by atoms with Gasteiger partial charge in [-0.1, -0.05) is 6.07 Å². The zero-order valence-corrected chi connectivity index (χ0v) is 17.0. The van der Waals surface area contributed by atoms with Gasteiger partial charge in [-0.15, -0.1) is 0 Å². The third-order valence-corrected chi connectivity index (χ3v) is 5.59. The molecule has 0 aliphatic carbocycles. The van der Waals surface area contributed by atoms with Crippen molar-refractivity contribution in [3.8, 4) is 0 Å². The summed E-state index contributed by atoms with van der Waals surface area (Å²) in [6.45, 7) is 0. The first kappa shape index (κ1) is 23.8. The number of rotatable bonds is 4. The van der Waals surface area contributed by atoms with Gasteiger partial charge in [0.05, 0.1) is 16.0 Å². The molecule has 0 heterocycles. The molecule has 31 heavy (non-hydrogen) atoms. The Hall–Kier alpha value is -3.52. The Morgan fingerprint density at radius 3 is 1.58 bits per heavy atom. The van der Waals surface area contributed by atoms with Crippen LogP contribution in [-0.4, -0.2) is 48.1 Å². The van der Waals surface area contributed by atoms with Crippen molar-refractivity contribution in [1.82, 2.24) is 0 Å². The fourth-order valence-corrected chi connectivity index (χ4v) is 3.80. The standard InChI is InChI=1S/C10H9NO6S2.C8H6O4/c11-7-1-2-9-6(3-7)4-8(18(12,13)14)5-10(9)19(15,16)17;9-7(10)5-1-2-6(4-3-5)8(11)12/h1-5H,11H2,(H,12,13,14)(H,15,16,17);1-4H,(H,9,10)(H,11,12). The summed E-state index contributed by atoms with van der Waals surface area (Å²) in [5.41, 5.74) is 5.96. The first-order valence-corrected chi connectivity index (χ1v) is 10.9. The molecule has 0 bridgehead atoms. The van der Waals surface area contributed by atoms with Crippen LogP contribution in [0.15, 0.2) is 64.4 Å². The third kappa shape index (κ3) is 5.99. The number of carboxylic acids is 2. The van der Waals surface area contributed by atoms with E-state index in [0.717, 1.165) is 6.07 Å². The second-order valence-electron chi connectivity index (χ2n) is 6.04. The molecule has 3 aromatic carbocycles. The number of hydrogen-bond donors (Lipinski definition) is 5. The van der Waals surface area contributed by atoms with E-state index in [4.69, 9.17) is 25.1 Å². The number of nitrogens with two attached hydrogens (primary N) is 1. The molecule has 13 heteroatoms. The van der Waals surface area contributed by atoms with E-state index in [2.05, 4.69) is 0 Å². The highest BCUT2D eigenvalue weighted by molar-refractivity contribution is 7.86. The highest BCUT2D eigenvalue weighted by Gasteiger charge is 2.20. The molecule has 0 radical (unpaired) electrons. The van der Waals surface area contributed by atoms with Gasteiger partial charge in [-0.05, 0) is 53.9 Å². The monoisotopic (exact) mass is 469 g/mol. The smallest absolute Gasteiger partial charge is 0.335 e. The fourth-order valence-electron chi connectivity index (χ4n) is 2.44. The molecule has 0 aliphatic heterocycles. The van der Waals surface area contributed by atoms with Crippen molar-refractivity contribution >= 4 is 48.6 Å². The van der Waals surface area contributed by atoms with Crippen molar-refractivity contribution in [1.29, 1.82) is 0 Å². The van der Waals surface area contributed by atoms with Crippen molar-refractivity contribution in [3.63, 3.8) is 0 Å². The lowest BCUT2D eigenvalue weighted by molar-refractivity contribution is 0.0681. The molecule has 0 fully saturated rings. The van der Waals surface area contributed by atoms with E-state index in [1.165, 1.54) is 42.5 Å². The molecule has 164 valence electrons. The molecule has 0 spiro atoms. The number of fused-ring (bicyclic) bond motifs is 1. The number of benzene rings is 3. The van der Waals surface area contributed by atoms with Crippen LogP contribution < -0.4 is 5.73 Å². The van der Waals surface area contributed by atoms with Crippen molar-refractivity contribution < 1.29 is 45.7 Å². The van der Waals surface area contributed by atoms with Gasteiger partial charge in [0.1, 0.15) is 4.90 Å². The topological polar surface area (TPSA) is 209 Å². The normalized spacial score (nSPS) is 11.4. The van der Waals surface area contributed by atoms with Crippen LogP contribution in [0, 0.1) is 0 Å². The number of hydrogen-bond acceptors (Lipinski definition) is 7. The Balaban J connectivity index is 0.000000245. The number of carbonyl (C=O) groups is 2. The molecular formula is C18H15NO10S2. The molecule has 0 saturated heterocycles. The second kappa shape index (κ2) is 8.69. The fraction of sp³-hybridized carbons (Fsp3) is 0. The maximum atomic E-state index is 11.3. The van der Waals surface area contributed by atoms with Crippen molar-refractivity contribution in [3.05, 3.63) is 65.7 Å². The SMILES string of the molecule is Nc1ccc2c(S(=O)(=O)O)cc(S(=O)(=O)O)cc2c1.O=C(O)c1ccc(C(=O)O)cc1. The number of nitrogen functional groups attached to an aromatic ring is 1. The summed E-state index contributed by atoms with van der Waals surface area (Å²) in [7, 11) is -9.25. The maximum absolute atomic E-state index is 11.3. The van der Waals surface area contributed by atoms with Crippen LogP contribution in [0.4, 0.5) is 5.69 Å². The summed E-state index contributed by atoms with van der Waals surface area (Å²) in [5, 5.41) is 17.2. The molecule has 0 saturated carbocycles. The Labute approximate surface area is 175 Å². The van der Waals surface area contributed by atoms with Crippen LogP contribution in [-0.2, 0) is 20.2 Å². The van der Waals surface area contributed by atoms with E-state index < -0.39 is 42.0 Å². The molecule has 0 unspecified atom stereocenters. The second-order valence-corrected chi connectivity index (χ2v) is 8.85. The average molecular weight is 469 g/mol. The van der Waals surface area contributed by atoms with Crippen molar-refractivity contribution in [2.24, 2.45) is 0 Å². The molecule has 3 aromatic rings. The summed E-state index contributed by atoms with van der Waals surface area (Å²) in [5.74, 6) is -2.13. The molecule has 6 N–H and O–H groups in total. The van der Waals surface area contributed by atoms with E-state index in [9.17, 15) is 26.4 Å². The molecule has 0 aliphatic rings. The van der Waals surface area contributed by atoms with Gasteiger partial charge in [0.15, 0.2) is 0 Å².